The molecule has 3 fully saturated rings. The van der Waals surface area contributed by atoms with Crippen LogP contribution in [0.5, 0.6) is 0 Å². The first kappa shape index (κ1) is 11.2. The van der Waals surface area contributed by atoms with Crippen molar-refractivity contribution in [2.75, 3.05) is 36.2 Å². The second-order valence-electron chi connectivity index (χ2n) is 6.00. The Labute approximate surface area is 113 Å². The van der Waals surface area contributed by atoms with E-state index >= 15 is 0 Å². The monoisotopic (exact) mass is 260 g/mol. The van der Waals surface area contributed by atoms with Crippen molar-refractivity contribution in [1.29, 1.82) is 0 Å². The minimum Gasteiger partial charge on any atom is -0.371 e. The van der Waals surface area contributed by atoms with E-state index in [1.54, 1.807) is 0 Å². The number of benzene rings is 1. The van der Waals surface area contributed by atoms with E-state index in [0.29, 0.717) is 0 Å². The predicted octanol–water partition coefficient (Wildman–Crippen LogP) is 2.44. The minimum atomic E-state index is 0.871. The van der Waals surface area contributed by atoms with Crippen molar-refractivity contribution in [2.45, 2.75) is 13.0 Å². The van der Waals surface area contributed by atoms with Crippen LogP contribution in [0.4, 0.5) is 5.69 Å². The molecule has 2 nitrogen and oxygen atoms in total. The van der Waals surface area contributed by atoms with E-state index in [1.807, 2.05) is 0 Å². The van der Waals surface area contributed by atoms with Crippen molar-refractivity contribution in [3.05, 3.63) is 29.8 Å². The van der Waals surface area contributed by atoms with Crippen LogP contribution in [0, 0.1) is 18.8 Å². The SMILES string of the molecule is Cc1ccc(N2CC3CN4CSC[C@H]4[C@@H]3C2)cc1. The van der Waals surface area contributed by atoms with Gasteiger partial charge in [0.15, 0.2) is 0 Å². The van der Waals surface area contributed by atoms with Crippen LogP contribution >= 0.6 is 11.8 Å². The molecule has 0 aliphatic carbocycles. The van der Waals surface area contributed by atoms with Crippen LogP contribution in [-0.2, 0) is 0 Å². The van der Waals surface area contributed by atoms with Gasteiger partial charge in [0, 0.05) is 43.0 Å². The molecule has 18 heavy (non-hydrogen) atoms. The second kappa shape index (κ2) is 4.17. The van der Waals surface area contributed by atoms with Crippen LogP contribution in [0.25, 0.3) is 0 Å². The summed E-state index contributed by atoms with van der Waals surface area (Å²) < 4.78 is 0. The quantitative estimate of drug-likeness (QED) is 0.766. The van der Waals surface area contributed by atoms with Gasteiger partial charge in [0.2, 0.25) is 0 Å². The van der Waals surface area contributed by atoms with Crippen LogP contribution in [0.1, 0.15) is 5.56 Å². The van der Waals surface area contributed by atoms with E-state index in [0.717, 1.165) is 17.9 Å². The van der Waals surface area contributed by atoms with Crippen LogP contribution < -0.4 is 4.90 Å². The second-order valence-corrected chi connectivity index (χ2v) is 7.00. The summed E-state index contributed by atoms with van der Waals surface area (Å²) in [5.41, 5.74) is 2.78. The lowest BCUT2D eigenvalue weighted by Gasteiger charge is -2.24. The molecule has 3 saturated heterocycles. The first-order valence-corrected chi connectivity index (χ1v) is 8.10. The Morgan fingerprint density at radius 2 is 1.94 bits per heavy atom. The zero-order chi connectivity index (χ0) is 12.1. The third-order valence-electron chi connectivity index (χ3n) is 4.87. The van der Waals surface area contributed by atoms with Gasteiger partial charge in [-0.05, 0) is 30.9 Å². The average molecular weight is 260 g/mol. The summed E-state index contributed by atoms with van der Waals surface area (Å²) in [4.78, 5) is 5.32. The van der Waals surface area contributed by atoms with Crippen molar-refractivity contribution < 1.29 is 0 Å². The summed E-state index contributed by atoms with van der Waals surface area (Å²) >= 11 is 2.12. The number of thioether (sulfide) groups is 1. The van der Waals surface area contributed by atoms with E-state index in [1.165, 1.54) is 42.5 Å². The summed E-state index contributed by atoms with van der Waals surface area (Å²) in [6.45, 7) is 6.04. The highest BCUT2D eigenvalue weighted by Crippen LogP contribution is 2.42. The highest BCUT2D eigenvalue weighted by molar-refractivity contribution is 7.99. The molecule has 3 aliphatic heterocycles. The van der Waals surface area contributed by atoms with E-state index < -0.39 is 0 Å². The summed E-state index contributed by atoms with van der Waals surface area (Å²) in [6.07, 6.45) is 0. The van der Waals surface area contributed by atoms with Crippen molar-refractivity contribution >= 4 is 17.4 Å². The molecule has 0 aromatic heterocycles. The molecule has 3 heteroatoms. The van der Waals surface area contributed by atoms with Gasteiger partial charge in [-0.25, -0.2) is 0 Å². The molecule has 3 atom stereocenters. The molecule has 0 N–H and O–H groups in total. The molecule has 0 radical (unpaired) electrons. The lowest BCUT2D eigenvalue weighted by molar-refractivity contribution is 0.304. The van der Waals surface area contributed by atoms with Crippen molar-refractivity contribution in [1.82, 2.24) is 4.90 Å². The highest BCUT2D eigenvalue weighted by Gasteiger charge is 2.48. The number of rotatable bonds is 1. The van der Waals surface area contributed by atoms with Crippen molar-refractivity contribution in [3.63, 3.8) is 0 Å². The Balaban J connectivity index is 1.53. The number of hydrogen-bond donors (Lipinski definition) is 0. The van der Waals surface area contributed by atoms with Gasteiger partial charge >= 0.3 is 0 Å². The minimum absolute atomic E-state index is 0.871. The smallest absolute Gasteiger partial charge is 0.0448 e. The van der Waals surface area contributed by atoms with E-state index in [2.05, 4.69) is 52.8 Å². The summed E-state index contributed by atoms with van der Waals surface area (Å²) in [5.74, 6) is 4.48. The molecule has 3 heterocycles. The van der Waals surface area contributed by atoms with Crippen LogP contribution in [0.2, 0.25) is 0 Å². The first-order chi connectivity index (χ1) is 8.81. The Kier molecular flexibility index (Phi) is 2.59. The Morgan fingerprint density at radius 1 is 1.11 bits per heavy atom. The van der Waals surface area contributed by atoms with E-state index in [4.69, 9.17) is 0 Å². The fraction of sp³-hybridized carbons (Fsp3) is 0.600. The van der Waals surface area contributed by atoms with E-state index in [9.17, 15) is 0 Å². The van der Waals surface area contributed by atoms with E-state index in [-0.39, 0.29) is 0 Å². The summed E-state index contributed by atoms with van der Waals surface area (Å²) in [6, 6.07) is 9.92. The molecule has 1 aromatic rings. The Bertz CT molecular complexity index is 444. The number of aryl methyl sites for hydroxylation is 1. The van der Waals surface area contributed by atoms with Gasteiger partial charge in [0.1, 0.15) is 0 Å². The molecule has 1 unspecified atom stereocenters. The molecular weight excluding hydrogens is 240 g/mol. The van der Waals surface area contributed by atoms with Gasteiger partial charge in [-0.1, -0.05) is 17.7 Å². The Hall–Kier alpha value is -0.670. The normalized spacial score (nSPS) is 34.9. The van der Waals surface area contributed by atoms with Crippen LogP contribution in [-0.4, -0.2) is 42.2 Å². The van der Waals surface area contributed by atoms with Gasteiger partial charge in [0.25, 0.3) is 0 Å². The first-order valence-electron chi connectivity index (χ1n) is 6.95. The Morgan fingerprint density at radius 3 is 2.78 bits per heavy atom. The van der Waals surface area contributed by atoms with Gasteiger partial charge in [0.05, 0.1) is 0 Å². The standard InChI is InChI=1S/C15H20N2S/c1-11-2-4-13(5-3-11)16-6-12-7-17-10-18-9-15(17)14(12)8-16/h2-5,12,14-15H,6-10H2,1H3/t12?,14-,15+/m1/s1. The number of nitrogens with zero attached hydrogens (tertiary/aromatic N) is 2. The molecule has 4 rings (SSSR count). The zero-order valence-electron chi connectivity index (χ0n) is 10.9. The fourth-order valence-corrected chi connectivity index (χ4v) is 5.20. The molecule has 0 bridgehead atoms. The molecule has 0 saturated carbocycles. The van der Waals surface area contributed by atoms with Gasteiger partial charge in [-0.2, -0.15) is 0 Å². The fourth-order valence-electron chi connectivity index (χ4n) is 3.87. The summed E-state index contributed by atoms with van der Waals surface area (Å²) in [7, 11) is 0. The molecule has 3 aliphatic rings. The maximum atomic E-state index is 2.71. The lowest BCUT2D eigenvalue weighted by Crippen LogP contribution is -2.33. The third-order valence-corrected chi connectivity index (χ3v) is 5.96. The predicted molar refractivity (Wildman–Crippen MR) is 78.2 cm³/mol. The van der Waals surface area contributed by atoms with Crippen molar-refractivity contribution in [3.8, 4) is 0 Å². The van der Waals surface area contributed by atoms with Crippen LogP contribution in [0.15, 0.2) is 24.3 Å². The third kappa shape index (κ3) is 1.68. The molecule has 1 aromatic carbocycles. The van der Waals surface area contributed by atoms with Gasteiger partial charge < -0.3 is 4.90 Å². The summed E-state index contributed by atoms with van der Waals surface area (Å²) in [5, 5.41) is 0. The van der Waals surface area contributed by atoms with Gasteiger partial charge in [-0.15, -0.1) is 11.8 Å². The molecular formula is C15H20N2S. The molecule has 0 amide bonds. The maximum Gasteiger partial charge on any atom is 0.0448 e. The maximum absolute atomic E-state index is 2.71. The van der Waals surface area contributed by atoms with Crippen LogP contribution in [0.3, 0.4) is 0 Å². The molecule has 0 spiro atoms. The molecule has 96 valence electrons. The highest BCUT2D eigenvalue weighted by atomic mass is 32.2. The topological polar surface area (TPSA) is 6.48 Å². The number of hydrogen-bond acceptors (Lipinski definition) is 3. The average Bonchev–Trinajstić information content (AvgIpc) is 3.00. The lowest BCUT2D eigenvalue weighted by atomic mass is 9.95. The zero-order valence-corrected chi connectivity index (χ0v) is 11.7. The number of fused-ring (bicyclic) bond motifs is 3. The largest absolute Gasteiger partial charge is 0.371 e. The number of anilines is 1. The van der Waals surface area contributed by atoms with Crippen molar-refractivity contribution in [2.24, 2.45) is 11.8 Å². The van der Waals surface area contributed by atoms with Gasteiger partial charge in [-0.3, -0.25) is 4.90 Å².